The van der Waals surface area contributed by atoms with Crippen LogP contribution in [0.5, 0.6) is 0 Å². The fraction of sp³-hybridized carbons (Fsp3) is 0.462. The Kier molecular flexibility index (Phi) is 8.48. The van der Waals surface area contributed by atoms with Gasteiger partial charge in [0.15, 0.2) is 0 Å². The third-order valence-corrected chi connectivity index (χ3v) is 6.06. The van der Waals surface area contributed by atoms with Crippen LogP contribution in [0.4, 0.5) is 26.3 Å². The van der Waals surface area contributed by atoms with Gasteiger partial charge in [0.2, 0.25) is 0 Å². The molecule has 0 spiro atoms. The number of halogens is 6. The summed E-state index contributed by atoms with van der Waals surface area (Å²) < 4.78 is 86.1. The Balaban J connectivity index is 2.00. The van der Waals surface area contributed by atoms with Gasteiger partial charge >= 0.3 is 18.3 Å². The summed E-state index contributed by atoms with van der Waals surface area (Å²) >= 11 is 0. The Morgan fingerprint density at radius 2 is 1.67 bits per heavy atom. The van der Waals surface area contributed by atoms with Crippen LogP contribution in [0.15, 0.2) is 36.4 Å². The van der Waals surface area contributed by atoms with Crippen molar-refractivity contribution in [3.8, 4) is 11.1 Å². The summed E-state index contributed by atoms with van der Waals surface area (Å²) in [4.78, 5) is 24.1. The van der Waals surface area contributed by atoms with Crippen LogP contribution in [0.3, 0.4) is 0 Å². The lowest BCUT2D eigenvalue weighted by molar-refractivity contribution is -0.145. The van der Waals surface area contributed by atoms with E-state index < -0.39 is 35.4 Å². The molecule has 1 atom stereocenters. The van der Waals surface area contributed by atoms with Crippen LogP contribution in [0.1, 0.15) is 61.3 Å². The summed E-state index contributed by atoms with van der Waals surface area (Å²) in [6.45, 7) is 3.17. The van der Waals surface area contributed by atoms with Gasteiger partial charge in [-0.05, 0) is 73.2 Å². The number of Topliss-reactive ketones (excluding diaryl/α,β-unsaturated/α-hetero) is 1. The van der Waals surface area contributed by atoms with Crippen LogP contribution >= 0.6 is 0 Å². The Morgan fingerprint density at radius 3 is 2.25 bits per heavy atom. The van der Waals surface area contributed by atoms with Crippen molar-refractivity contribution in [3.05, 3.63) is 58.7 Å². The predicted octanol–water partition coefficient (Wildman–Crippen LogP) is 6.52. The second-order valence-electron chi connectivity index (χ2n) is 8.85. The maximum atomic E-state index is 13.7. The standard InChI is InChI=1S/C26H27F6NO3/c1-3-36-24(35)15(2)17-10-18(12-21(11-17)26(30,31)32)22-7-6-20(25(27,28)29)13-19(22)14-33-9-8-23(34)16-4-5-16/h6-7,10-13,15-16,33H,3-5,8-9,14H2,1-2H3. The highest BCUT2D eigenvalue weighted by molar-refractivity contribution is 5.83. The van der Waals surface area contributed by atoms with Gasteiger partial charge in [-0.15, -0.1) is 0 Å². The zero-order valence-corrected chi connectivity index (χ0v) is 19.9. The highest BCUT2D eigenvalue weighted by Gasteiger charge is 2.34. The van der Waals surface area contributed by atoms with Crippen molar-refractivity contribution in [1.82, 2.24) is 5.32 Å². The van der Waals surface area contributed by atoms with Gasteiger partial charge in [0.25, 0.3) is 0 Å². The lowest BCUT2D eigenvalue weighted by Crippen LogP contribution is -2.19. The van der Waals surface area contributed by atoms with E-state index in [1.165, 1.54) is 13.0 Å². The van der Waals surface area contributed by atoms with E-state index in [0.29, 0.717) is 0 Å². The Labute approximate surface area is 205 Å². The van der Waals surface area contributed by atoms with Crippen molar-refractivity contribution in [2.45, 2.75) is 57.9 Å². The fourth-order valence-corrected chi connectivity index (χ4v) is 3.87. The van der Waals surface area contributed by atoms with Gasteiger partial charge in [-0.3, -0.25) is 9.59 Å². The van der Waals surface area contributed by atoms with Crippen LogP contribution in [0.25, 0.3) is 11.1 Å². The molecule has 196 valence electrons. The molecule has 1 saturated carbocycles. The van der Waals surface area contributed by atoms with Gasteiger partial charge in [0, 0.05) is 25.4 Å². The number of esters is 1. The van der Waals surface area contributed by atoms with E-state index in [2.05, 4.69) is 5.32 Å². The minimum atomic E-state index is -4.74. The zero-order valence-electron chi connectivity index (χ0n) is 19.9. The van der Waals surface area contributed by atoms with Crippen molar-refractivity contribution in [3.63, 3.8) is 0 Å². The third-order valence-electron chi connectivity index (χ3n) is 6.06. The van der Waals surface area contributed by atoms with E-state index in [1.54, 1.807) is 6.92 Å². The molecule has 0 aliphatic heterocycles. The number of nitrogens with one attached hydrogen (secondary N) is 1. The van der Waals surface area contributed by atoms with Crippen molar-refractivity contribution in [1.29, 1.82) is 0 Å². The molecule has 1 aliphatic rings. The van der Waals surface area contributed by atoms with Crippen LogP contribution in [0.2, 0.25) is 0 Å². The van der Waals surface area contributed by atoms with Crippen molar-refractivity contribution in [2.24, 2.45) is 5.92 Å². The molecule has 1 unspecified atom stereocenters. The van der Waals surface area contributed by atoms with Gasteiger partial charge in [0.1, 0.15) is 5.78 Å². The number of ketones is 1. The second kappa shape index (κ2) is 11.0. The van der Waals surface area contributed by atoms with Crippen molar-refractivity contribution < 1.29 is 40.7 Å². The van der Waals surface area contributed by atoms with Crippen molar-refractivity contribution >= 4 is 11.8 Å². The molecule has 1 aliphatic carbocycles. The summed E-state index contributed by atoms with van der Waals surface area (Å²) in [6.07, 6.45) is -7.47. The molecule has 4 nitrogen and oxygen atoms in total. The molecule has 0 aromatic heterocycles. The normalized spacial score (nSPS) is 15.0. The van der Waals surface area contributed by atoms with Gasteiger partial charge in [-0.2, -0.15) is 26.3 Å². The second-order valence-corrected chi connectivity index (χ2v) is 8.85. The number of carbonyl (C=O) groups excluding carboxylic acids is 2. The van der Waals surface area contributed by atoms with Crippen LogP contribution < -0.4 is 5.32 Å². The first kappa shape index (κ1) is 27.7. The first-order valence-corrected chi connectivity index (χ1v) is 11.6. The molecule has 0 amide bonds. The van der Waals surface area contributed by atoms with Gasteiger partial charge < -0.3 is 10.1 Å². The number of ether oxygens (including phenoxy) is 1. The summed E-state index contributed by atoms with van der Waals surface area (Å²) in [5.41, 5.74) is -1.63. The van der Waals surface area contributed by atoms with Gasteiger partial charge in [-0.1, -0.05) is 12.1 Å². The van der Waals surface area contributed by atoms with E-state index >= 15 is 0 Å². The monoisotopic (exact) mass is 515 g/mol. The first-order valence-electron chi connectivity index (χ1n) is 11.6. The highest BCUT2D eigenvalue weighted by Crippen LogP contribution is 2.38. The average Bonchev–Trinajstić information content (AvgIpc) is 3.65. The maximum Gasteiger partial charge on any atom is 0.416 e. The molecule has 10 heteroatoms. The Bertz CT molecular complexity index is 1110. The molecule has 1 fully saturated rings. The first-order chi connectivity index (χ1) is 16.8. The molecule has 0 saturated heterocycles. The minimum absolute atomic E-state index is 0.0237. The summed E-state index contributed by atoms with van der Waals surface area (Å²) in [7, 11) is 0. The molecular weight excluding hydrogens is 488 g/mol. The highest BCUT2D eigenvalue weighted by atomic mass is 19.4. The summed E-state index contributed by atoms with van der Waals surface area (Å²) in [5.74, 6) is -1.59. The molecule has 0 bridgehead atoms. The molecule has 2 aromatic rings. The number of carbonyl (C=O) groups is 2. The van der Waals surface area contributed by atoms with Crippen molar-refractivity contribution in [2.75, 3.05) is 13.2 Å². The number of rotatable bonds is 10. The number of benzene rings is 2. The maximum absolute atomic E-state index is 13.7. The molecular formula is C26H27F6NO3. The number of hydrogen-bond acceptors (Lipinski definition) is 4. The van der Waals surface area contributed by atoms with Crippen LogP contribution in [-0.2, 0) is 33.2 Å². The van der Waals surface area contributed by atoms with E-state index in [9.17, 15) is 35.9 Å². The summed E-state index contributed by atoms with van der Waals surface area (Å²) in [5, 5.41) is 2.94. The molecule has 1 N–H and O–H groups in total. The molecule has 2 aromatic carbocycles. The van der Waals surface area contributed by atoms with E-state index in [4.69, 9.17) is 4.74 Å². The molecule has 0 radical (unpaired) electrons. The summed E-state index contributed by atoms with van der Waals surface area (Å²) in [6, 6.07) is 5.88. The lowest BCUT2D eigenvalue weighted by atomic mass is 9.90. The Morgan fingerprint density at radius 1 is 1.00 bits per heavy atom. The zero-order chi connectivity index (χ0) is 26.7. The Hall–Kier alpha value is -2.88. The van der Waals surface area contributed by atoms with Crippen LogP contribution in [-0.4, -0.2) is 24.9 Å². The fourth-order valence-electron chi connectivity index (χ4n) is 3.87. The van der Waals surface area contributed by atoms with E-state index in [0.717, 1.165) is 43.2 Å². The SMILES string of the molecule is CCOC(=O)C(C)c1cc(-c2ccc(C(F)(F)F)cc2CNCCC(=O)C2CC2)cc(C(F)(F)F)c1. The van der Waals surface area contributed by atoms with Gasteiger partial charge in [-0.25, -0.2) is 0 Å². The van der Waals surface area contributed by atoms with E-state index in [-0.39, 0.29) is 60.1 Å². The quantitative estimate of drug-likeness (QED) is 0.223. The number of alkyl halides is 6. The molecule has 36 heavy (non-hydrogen) atoms. The number of hydrogen-bond donors (Lipinski definition) is 1. The largest absolute Gasteiger partial charge is 0.466 e. The van der Waals surface area contributed by atoms with E-state index in [1.807, 2.05) is 0 Å². The molecule has 0 heterocycles. The topological polar surface area (TPSA) is 55.4 Å². The smallest absolute Gasteiger partial charge is 0.416 e. The average molecular weight is 515 g/mol. The van der Waals surface area contributed by atoms with Gasteiger partial charge in [0.05, 0.1) is 23.7 Å². The predicted molar refractivity (Wildman–Crippen MR) is 121 cm³/mol. The van der Waals surface area contributed by atoms with Crippen LogP contribution in [0, 0.1) is 5.92 Å². The third kappa shape index (κ3) is 7.09. The lowest BCUT2D eigenvalue weighted by Gasteiger charge is -2.19. The minimum Gasteiger partial charge on any atom is -0.466 e. The molecule has 3 rings (SSSR count).